The number of aliphatic hydroxyl groups excluding tert-OH is 1. The van der Waals surface area contributed by atoms with Crippen LogP contribution in [0.25, 0.3) is 0 Å². The van der Waals surface area contributed by atoms with Gasteiger partial charge in [0.15, 0.2) is 0 Å². The lowest BCUT2D eigenvalue weighted by atomic mass is 9.73. The molecule has 3 unspecified atom stereocenters. The molecule has 2 rings (SSSR count). The van der Waals surface area contributed by atoms with Crippen LogP contribution in [0.5, 0.6) is 0 Å². The van der Waals surface area contributed by atoms with E-state index in [0.717, 1.165) is 5.92 Å². The smallest absolute Gasteiger partial charge is 0.0596 e. The lowest BCUT2D eigenvalue weighted by Crippen LogP contribution is -2.35. The van der Waals surface area contributed by atoms with E-state index in [1.54, 1.807) is 0 Å². The van der Waals surface area contributed by atoms with Gasteiger partial charge < -0.3 is 5.11 Å². The zero-order valence-corrected chi connectivity index (χ0v) is 8.71. The van der Waals surface area contributed by atoms with Crippen LogP contribution in [0.15, 0.2) is 0 Å². The summed E-state index contributed by atoms with van der Waals surface area (Å²) in [5.41, 5.74) is 0. The highest BCUT2D eigenvalue weighted by atomic mass is 16.3. The van der Waals surface area contributed by atoms with Crippen LogP contribution in [0.4, 0.5) is 0 Å². The Balaban J connectivity index is 1.95. The summed E-state index contributed by atoms with van der Waals surface area (Å²) < 4.78 is 0. The van der Waals surface area contributed by atoms with Crippen LogP contribution < -0.4 is 0 Å². The van der Waals surface area contributed by atoms with E-state index in [0.29, 0.717) is 11.8 Å². The van der Waals surface area contributed by atoms with Crippen LogP contribution in [-0.4, -0.2) is 11.2 Å². The zero-order valence-electron chi connectivity index (χ0n) is 8.71. The summed E-state index contributed by atoms with van der Waals surface area (Å²) in [5, 5.41) is 10.1. The first-order valence-electron chi connectivity index (χ1n) is 5.97. The molecule has 0 aromatic rings. The summed E-state index contributed by atoms with van der Waals surface area (Å²) in [5.74, 6) is 2.06. The summed E-state index contributed by atoms with van der Waals surface area (Å²) >= 11 is 0. The van der Waals surface area contributed by atoms with Gasteiger partial charge in [-0.15, -0.1) is 0 Å². The average Bonchev–Trinajstić information content (AvgIpc) is 2.62. The van der Waals surface area contributed by atoms with E-state index in [1.165, 1.54) is 44.9 Å². The lowest BCUT2D eigenvalue weighted by molar-refractivity contribution is -0.00116. The average molecular weight is 182 g/mol. The SMILES string of the molecule is CC1CCCC(C2CCCC2)C1O. The second kappa shape index (κ2) is 4.00. The molecule has 1 nitrogen and oxygen atoms in total. The monoisotopic (exact) mass is 182 g/mol. The van der Waals surface area contributed by atoms with Gasteiger partial charge in [0, 0.05) is 0 Å². The second-order valence-corrected chi connectivity index (χ2v) is 5.11. The van der Waals surface area contributed by atoms with Crippen LogP contribution in [0, 0.1) is 17.8 Å². The van der Waals surface area contributed by atoms with Crippen molar-refractivity contribution in [2.75, 3.05) is 0 Å². The molecule has 0 aromatic carbocycles. The molecule has 0 radical (unpaired) electrons. The maximum absolute atomic E-state index is 10.1. The Kier molecular flexibility index (Phi) is 2.92. The van der Waals surface area contributed by atoms with Crippen LogP contribution in [0.2, 0.25) is 0 Å². The third kappa shape index (κ3) is 1.90. The molecule has 3 atom stereocenters. The molecular formula is C12H22O. The molecule has 76 valence electrons. The van der Waals surface area contributed by atoms with E-state index in [2.05, 4.69) is 6.92 Å². The van der Waals surface area contributed by atoms with Crippen molar-refractivity contribution in [1.29, 1.82) is 0 Å². The minimum atomic E-state index is 0.0110. The fourth-order valence-corrected chi connectivity index (χ4v) is 3.34. The fraction of sp³-hybridized carbons (Fsp3) is 1.00. The summed E-state index contributed by atoms with van der Waals surface area (Å²) in [7, 11) is 0. The predicted octanol–water partition coefficient (Wildman–Crippen LogP) is 2.97. The zero-order chi connectivity index (χ0) is 9.26. The van der Waals surface area contributed by atoms with Gasteiger partial charge in [0.1, 0.15) is 0 Å². The van der Waals surface area contributed by atoms with Crippen LogP contribution >= 0.6 is 0 Å². The summed E-state index contributed by atoms with van der Waals surface area (Å²) in [6, 6.07) is 0. The third-order valence-electron chi connectivity index (χ3n) is 4.22. The third-order valence-corrected chi connectivity index (χ3v) is 4.22. The van der Waals surface area contributed by atoms with Crippen molar-refractivity contribution in [2.45, 2.75) is 58.0 Å². The van der Waals surface area contributed by atoms with E-state index in [9.17, 15) is 5.11 Å². The van der Waals surface area contributed by atoms with Gasteiger partial charge in [-0.3, -0.25) is 0 Å². The highest BCUT2D eigenvalue weighted by Gasteiger charge is 2.35. The van der Waals surface area contributed by atoms with Gasteiger partial charge in [-0.25, -0.2) is 0 Å². The molecule has 0 spiro atoms. The van der Waals surface area contributed by atoms with E-state index in [4.69, 9.17) is 0 Å². The molecule has 2 aliphatic rings. The summed E-state index contributed by atoms with van der Waals surface area (Å²) in [6.07, 6.45) is 9.46. The van der Waals surface area contributed by atoms with Crippen molar-refractivity contribution in [3.05, 3.63) is 0 Å². The maximum atomic E-state index is 10.1. The second-order valence-electron chi connectivity index (χ2n) is 5.11. The summed E-state index contributed by atoms with van der Waals surface area (Å²) in [4.78, 5) is 0. The van der Waals surface area contributed by atoms with Crippen molar-refractivity contribution in [2.24, 2.45) is 17.8 Å². The highest BCUT2D eigenvalue weighted by Crippen LogP contribution is 2.41. The summed E-state index contributed by atoms with van der Waals surface area (Å²) in [6.45, 7) is 2.21. The molecule has 13 heavy (non-hydrogen) atoms. The fourth-order valence-electron chi connectivity index (χ4n) is 3.34. The molecule has 0 saturated heterocycles. The van der Waals surface area contributed by atoms with E-state index in [-0.39, 0.29) is 6.10 Å². The molecule has 0 bridgehead atoms. The molecule has 1 N–H and O–H groups in total. The Morgan fingerprint density at radius 2 is 1.62 bits per heavy atom. The van der Waals surface area contributed by atoms with Crippen LogP contribution in [0.3, 0.4) is 0 Å². The van der Waals surface area contributed by atoms with E-state index >= 15 is 0 Å². The molecular weight excluding hydrogens is 160 g/mol. The topological polar surface area (TPSA) is 20.2 Å². The molecule has 0 aliphatic heterocycles. The lowest BCUT2D eigenvalue weighted by Gasteiger charge is -2.36. The normalized spacial score (nSPS) is 42.5. The molecule has 1 heteroatoms. The Hall–Kier alpha value is -0.0400. The molecule has 0 aromatic heterocycles. The largest absolute Gasteiger partial charge is 0.393 e. The molecule has 0 amide bonds. The van der Waals surface area contributed by atoms with Gasteiger partial charge in [-0.2, -0.15) is 0 Å². The standard InChI is InChI=1S/C12H22O/c1-9-5-4-8-11(12(9)13)10-6-2-3-7-10/h9-13H,2-8H2,1H3. The number of hydrogen-bond donors (Lipinski definition) is 1. The van der Waals surface area contributed by atoms with E-state index < -0.39 is 0 Å². The first kappa shape index (κ1) is 9.51. The van der Waals surface area contributed by atoms with Crippen LogP contribution in [0.1, 0.15) is 51.9 Å². The number of rotatable bonds is 1. The van der Waals surface area contributed by atoms with Crippen molar-refractivity contribution >= 4 is 0 Å². The van der Waals surface area contributed by atoms with Gasteiger partial charge >= 0.3 is 0 Å². The van der Waals surface area contributed by atoms with Crippen molar-refractivity contribution in [3.63, 3.8) is 0 Å². The van der Waals surface area contributed by atoms with E-state index in [1.807, 2.05) is 0 Å². The van der Waals surface area contributed by atoms with Gasteiger partial charge in [0.05, 0.1) is 6.10 Å². The molecule has 0 heterocycles. The minimum Gasteiger partial charge on any atom is -0.393 e. The quantitative estimate of drug-likeness (QED) is 0.661. The van der Waals surface area contributed by atoms with Crippen molar-refractivity contribution < 1.29 is 5.11 Å². The van der Waals surface area contributed by atoms with Crippen molar-refractivity contribution in [3.8, 4) is 0 Å². The predicted molar refractivity (Wildman–Crippen MR) is 54.5 cm³/mol. The molecule has 2 saturated carbocycles. The number of aliphatic hydroxyl groups is 1. The Morgan fingerprint density at radius 3 is 2.31 bits per heavy atom. The van der Waals surface area contributed by atoms with Gasteiger partial charge in [-0.05, 0) is 30.6 Å². The minimum absolute atomic E-state index is 0.0110. The number of hydrogen-bond acceptors (Lipinski definition) is 1. The van der Waals surface area contributed by atoms with Crippen molar-refractivity contribution in [1.82, 2.24) is 0 Å². The van der Waals surface area contributed by atoms with Gasteiger partial charge in [0.25, 0.3) is 0 Å². The molecule has 2 aliphatic carbocycles. The Morgan fingerprint density at radius 1 is 0.923 bits per heavy atom. The Bertz CT molecular complexity index is 159. The van der Waals surface area contributed by atoms with Gasteiger partial charge in [-0.1, -0.05) is 39.0 Å². The molecule has 2 fully saturated rings. The Labute approximate surface area is 81.5 Å². The first-order valence-corrected chi connectivity index (χ1v) is 5.97. The maximum Gasteiger partial charge on any atom is 0.0596 e. The van der Waals surface area contributed by atoms with Crippen LogP contribution in [-0.2, 0) is 0 Å². The first-order chi connectivity index (χ1) is 6.29. The van der Waals surface area contributed by atoms with Gasteiger partial charge in [0.2, 0.25) is 0 Å². The highest BCUT2D eigenvalue weighted by molar-refractivity contribution is 4.86.